The van der Waals surface area contributed by atoms with Crippen molar-refractivity contribution < 1.29 is 19.2 Å². The van der Waals surface area contributed by atoms with Gasteiger partial charge in [0.1, 0.15) is 0 Å². The lowest BCUT2D eigenvalue weighted by Crippen LogP contribution is -2.42. The monoisotopic (exact) mass is 294 g/mol. The van der Waals surface area contributed by atoms with Crippen LogP contribution >= 0.6 is 0 Å². The van der Waals surface area contributed by atoms with E-state index >= 15 is 0 Å². The van der Waals surface area contributed by atoms with E-state index in [4.69, 9.17) is 0 Å². The molecule has 0 heterocycles. The standard InChI is InChI=1S/C18H14O4/c1-18(13-8-4-2-5-9-13,14-10-6-3-7-11-14)17(22)16(21)15(20)12-19/h2-12H,1H3. The van der Waals surface area contributed by atoms with E-state index in [2.05, 4.69) is 0 Å². The predicted molar refractivity (Wildman–Crippen MR) is 80.4 cm³/mol. The predicted octanol–water partition coefficient (Wildman–Crippen LogP) is 1.90. The fraction of sp³-hybridized carbons (Fsp3) is 0.111. The zero-order valence-corrected chi connectivity index (χ0v) is 12.0. The van der Waals surface area contributed by atoms with E-state index in [1.165, 1.54) is 0 Å². The van der Waals surface area contributed by atoms with Gasteiger partial charge < -0.3 is 0 Å². The van der Waals surface area contributed by atoms with E-state index in [1.54, 1.807) is 67.6 Å². The average molecular weight is 294 g/mol. The highest BCUT2D eigenvalue weighted by Crippen LogP contribution is 2.33. The average Bonchev–Trinajstić information content (AvgIpc) is 2.60. The van der Waals surface area contributed by atoms with E-state index in [1.807, 2.05) is 0 Å². The number of Topliss-reactive ketones (excluding diaryl/α,β-unsaturated/α-hetero) is 3. The molecular weight excluding hydrogens is 280 g/mol. The van der Waals surface area contributed by atoms with Crippen molar-refractivity contribution in [2.24, 2.45) is 0 Å². The minimum absolute atomic E-state index is 0.128. The molecule has 0 spiro atoms. The highest BCUT2D eigenvalue weighted by molar-refractivity contribution is 6.75. The van der Waals surface area contributed by atoms with Gasteiger partial charge in [-0.25, -0.2) is 0 Å². The van der Waals surface area contributed by atoms with Gasteiger partial charge in [0.2, 0.25) is 5.78 Å². The summed E-state index contributed by atoms with van der Waals surface area (Å²) in [4.78, 5) is 46.4. The normalized spacial score (nSPS) is 10.8. The lowest BCUT2D eigenvalue weighted by molar-refractivity contribution is -0.147. The lowest BCUT2D eigenvalue weighted by Gasteiger charge is -2.28. The maximum absolute atomic E-state index is 12.6. The number of benzene rings is 2. The number of rotatable bonds is 6. The molecule has 0 fully saturated rings. The van der Waals surface area contributed by atoms with E-state index < -0.39 is 22.8 Å². The van der Waals surface area contributed by atoms with Crippen LogP contribution in [0.3, 0.4) is 0 Å². The van der Waals surface area contributed by atoms with Crippen molar-refractivity contribution >= 4 is 23.6 Å². The molecule has 2 aromatic rings. The Labute approximate surface area is 127 Å². The van der Waals surface area contributed by atoms with Gasteiger partial charge in [0, 0.05) is 0 Å². The van der Waals surface area contributed by atoms with E-state index in [9.17, 15) is 19.2 Å². The minimum Gasteiger partial charge on any atom is -0.294 e. The molecular formula is C18H14O4. The summed E-state index contributed by atoms with van der Waals surface area (Å²) in [5, 5.41) is 0. The third-order valence-electron chi connectivity index (χ3n) is 3.69. The summed E-state index contributed by atoms with van der Waals surface area (Å²) in [5.74, 6) is -3.55. The van der Waals surface area contributed by atoms with Crippen molar-refractivity contribution in [3.8, 4) is 0 Å². The zero-order valence-electron chi connectivity index (χ0n) is 12.0. The second kappa shape index (κ2) is 6.26. The SMILES string of the molecule is CC(C(=O)C(=O)C(=O)C=O)(c1ccccc1)c1ccccc1. The smallest absolute Gasteiger partial charge is 0.273 e. The summed E-state index contributed by atoms with van der Waals surface area (Å²) < 4.78 is 0. The number of ketones is 3. The molecule has 2 aromatic carbocycles. The topological polar surface area (TPSA) is 68.3 Å². The molecule has 0 aliphatic rings. The van der Waals surface area contributed by atoms with Crippen LogP contribution < -0.4 is 0 Å². The van der Waals surface area contributed by atoms with E-state index in [0.29, 0.717) is 11.1 Å². The highest BCUT2D eigenvalue weighted by Gasteiger charge is 2.42. The Balaban J connectivity index is 2.62. The molecule has 0 radical (unpaired) electrons. The van der Waals surface area contributed by atoms with Crippen LogP contribution in [0.4, 0.5) is 0 Å². The van der Waals surface area contributed by atoms with Gasteiger partial charge in [-0.1, -0.05) is 60.7 Å². The number of hydrogen-bond donors (Lipinski definition) is 0. The Hall–Kier alpha value is -2.88. The second-order valence-electron chi connectivity index (χ2n) is 5.00. The minimum atomic E-state index is -1.33. The van der Waals surface area contributed by atoms with Crippen LogP contribution in [-0.4, -0.2) is 23.6 Å². The summed E-state index contributed by atoms with van der Waals surface area (Å²) in [5.41, 5.74) is -0.158. The summed E-state index contributed by atoms with van der Waals surface area (Å²) >= 11 is 0. The third kappa shape index (κ3) is 2.63. The molecule has 0 aromatic heterocycles. The van der Waals surface area contributed by atoms with Gasteiger partial charge in [0.15, 0.2) is 6.29 Å². The maximum Gasteiger partial charge on any atom is 0.273 e. The maximum atomic E-state index is 12.6. The zero-order chi connectivity index (χ0) is 16.2. The van der Waals surface area contributed by atoms with Crippen molar-refractivity contribution in [3.63, 3.8) is 0 Å². The van der Waals surface area contributed by atoms with E-state index in [-0.39, 0.29) is 6.29 Å². The summed E-state index contributed by atoms with van der Waals surface area (Å²) in [6, 6.07) is 17.4. The molecule has 0 N–H and O–H groups in total. The molecule has 22 heavy (non-hydrogen) atoms. The Morgan fingerprint density at radius 1 is 0.818 bits per heavy atom. The first-order valence-corrected chi connectivity index (χ1v) is 6.71. The summed E-state index contributed by atoms with van der Waals surface area (Å²) in [6.45, 7) is 1.58. The Bertz CT molecular complexity index is 678. The quantitative estimate of drug-likeness (QED) is 0.463. The first kappa shape index (κ1) is 15.5. The molecule has 0 bridgehead atoms. The van der Waals surface area contributed by atoms with Crippen molar-refractivity contribution in [2.75, 3.05) is 0 Å². The van der Waals surface area contributed by atoms with Crippen LogP contribution in [0.15, 0.2) is 60.7 Å². The first-order chi connectivity index (χ1) is 10.5. The van der Waals surface area contributed by atoms with Crippen molar-refractivity contribution in [3.05, 3.63) is 71.8 Å². The van der Waals surface area contributed by atoms with Gasteiger partial charge in [-0.3, -0.25) is 19.2 Å². The molecule has 0 aliphatic heterocycles. The third-order valence-corrected chi connectivity index (χ3v) is 3.69. The van der Waals surface area contributed by atoms with Crippen LogP contribution in [0.5, 0.6) is 0 Å². The summed E-state index contributed by atoms with van der Waals surface area (Å²) in [6.07, 6.45) is -0.128. The number of aldehydes is 1. The fourth-order valence-corrected chi connectivity index (χ4v) is 2.36. The highest BCUT2D eigenvalue weighted by atomic mass is 16.2. The van der Waals surface area contributed by atoms with Crippen molar-refractivity contribution in [1.82, 2.24) is 0 Å². The largest absolute Gasteiger partial charge is 0.294 e. The molecule has 2 rings (SSSR count). The van der Waals surface area contributed by atoms with E-state index in [0.717, 1.165) is 0 Å². The van der Waals surface area contributed by atoms with Gasteiger partial charge in [0.25, 0.3) is 11.6 Å². The Kier molecular flexibility index (Phi) is 4.41. The molecule has 4 nitrogen and oxygen atoms in total. The van der Waals surface area contributed by atoms with Crippen LogP contribution in [0.1, 0.15) is 18.1 Å². The van der Waals surface area contributed by atoms with Crippen molar-refractivity contribution in [1.29, 1.82) is 0 Å². The van der Waals surface area contributed by atoms with Crippen LogP contribution in [0.2, 0.25) is 0 Å². The number of carbonyl (C=O) groups excluding carboxylic acids is 4. The Morgan fingerprint density at radius 2 is 1.23 bits per heavy atom. The van der Waals surface area contributed by atoms with Crippen molar-refractivity contribution in [2.45, 2.75) is 12.3 Å². The second-order valence-corrected chi connectivity index (χ2v) is 5.00. The van der Waals surface area contributed by atoms with Gasteiger partial charge in [-0.15, -0.1) is 0 Å². The molecule has 0 aliphatic carbocycles. The molecule has 0 saturated carbocycles. The van der Waals surface area contributed by atoms with Crippen LogP contribution in [0, 0.1) is 0 Å². The molecule has 0 amide bonds. The molecule has 110 valence electrons. The van der Waals surface area contributed by atoms with Gasteiger partial charge >= 0.3 is 0 Å². The molecule has 0 atom stereocenters. The van der Waals surface area contributed by atoms with Crippen LogP contribution in [-0.2, 0) is 24.6 Å². The van der Waals surface area contributed by atoms with Gasteiger partial charge in [-0.2, -0.15) is 0 Å². The van der Waals surface area contributed by atoms with Crippen LogP contribution in [0.25, 0.3) is 0 Å². The first-order valence-electron chi connectivity index (χ1n) is 6.71. The molecule has 0 saturated heterocycles. The Morgan fingerprint density at radius 3 is 1.59 bits per heavy atom. The van der Waals surface area contributed by atoms with Gasteiger partial charge in [-0.05, 0) is 18.1 Å². The molecule has 0 unspecified atom stereocenters. The van der Waals surface area contributed by atoms with Gasteiger partial charge in [0.05, 0.1) is 5.41 Å². The number of hydrogen-bond acceptors (Lipinski definition) is 4. The molecule has 4 heteroatoms. The lowest BCUT2D eigenvalue weighted by atomic mass is 9.71. The fourth-order valence-electron chi connectivity index (χ4n) is 2.36. The summed E-state index contributed by atoms with van der Waals surface area (Å²) in [7, 11) is 0. The number of carbonyl (C=O) groups is 4.